The minimum absolute atomic E-state index is 0.0498. The second-order valence-electron chi connectivity index (χ2n) is 11.2. The molecule has 212 valence electrons. The van der Waals surface area contributed by atoms with Crippen molar-refractivity contribution in [3.05, 3.63) is 66.5 Å². The van der Waals surface area contributed by atoms with Crippen LogP contribution in [0.4, 0.5) is 16.3 Å². The second-order valence-corrected chi connectivity index (χ2v) is 11.2. The molecular formula is C31H41N7O2. The normalized spacial score (nSPS) is 18.5. The van der Waals surface area contributed by atoms with Crippen LogP contribution in [-0.2, 0) is 11.8 Å². The second kappa shape index (κ2) is 12.7. The third kappa shape index (κ3) is 6.37. The third-order valence-corrected chi connectivity index (χ3v) is 7.99. The van der Waals surface area contributed by atoms with Gasteiger partial charge >= 0.3 is 6.03 Å². The summed E-state index contributed by atoms with van der Waals surface area (Å²) in [4.78, 5) is 37.0. The van der Waals surface area contributed by atoms with Gasteiger partial charge < -0.3 is 25.0 Å². The highest BCUT2D eigenvalue weighted by molar-refractivity contribution is 6.01. The fourth-order valence-electron chi connectivity index (χ4n) is 5.82. The van der Waals surface area contributed by atoms with Gasteiger partial charge in [0.05, 0.1) is 11.6 Å². The molecule has 1 atom stereocenters. The fourth-order valence-corrected chi connectivity index (χ4v) is 5.82. The number of likely N-dealkylation sites (tertiary alicyclic amines) is 1. The maximum atomic E-state index is 14.1. The van der Waals surface area contributed by atoms with E-state index in [2.05, 4.69) is 33.4 Å². The molecule has 40 heavy (non-hydrogen) atoms. The summed E-state index contributed by atoms with van der Waals surface area (Å²) in [6.45, 7) is 3.90. The minimum Gasteiger partial charge on any atom is -0.348 e. The zero-order valence-corrected chi connectivity index (χ0v) is 23.8. The number of likely N-dealkylation sites (N-methyl/N-ethyl adjacent to an activating group) is 1. The van der Waals surface area contributed by atoms with Gasteiger partial charge in [-0.3, -0.25) is 9.69 Å². The molecule has 0 spiro atoms. The minimum atomic E-state index is -0.125. The molecule has 2 aliphatic rings. The number of rotatable bonds is 7. The topological polar surface area (TPSA) is 85.7 Å². The van der Waals surface area contributed by atoms with E-state index in [1.54, 1.807) is 6.08 Å². The van der Waals surface area contributed by atoms with Crippen LogP contribution in [0.15, 0.2) is 60.9 Å². The molecular weight excluding hydrogens is 502 g/mol. The van der Waals surface area contributed by atoms with Crippen molar-refractivity contribution in [1.82, 2.24) is 24.7 Å². The van der Waals surface area contributed by atoms with Crippen molar-refractivity contribution in [2.24, 2.45) is 7.05 Å². The average Bonchev–Trinajstić information content (AvgIpc) is 3.35. The first-order valence-electron chi connectivity index (χ1n) is 14.3. The van der Waals surface area contributed by atoms with E-state index in [1.807, 2.05) is 72.5 Å². The summed E-state index contributed by atoms with van der Waals surface area (Å²) in [5.41, 5.74) is 3.03. The molecule has 5 rings (SSSR count). The molecule has 0 unspecified atom stereocenters. The fraction of sp³-hybridized carbons (Fsp3) is 0.452. The predicted octanol–water partition coefficient (Wildman–Crippen LogP) is 4.19. The molecule has 3 amide bonds. The van der Waals surface area contributed by atoms with Crippen LogP contribution in [0.2, 0.25) is 0 Å². The number of amides is 3. The van der Waals surface area contributed by atoms with Crippen molar-refractivity contribution in [1.29, 1.82) is 0 Å². The highest BCUT2D eigenvalue weighted by atomic mass is 16.2. The molecule has 0 aliphatic carbocycles. The lowest BCUT2D eigenvalue weighted by Gasteiger charge is -2.40. The molecule has 2 fully saturated rings. The van der Waals surface area contributed by atoms with Gasteiger partial charge in [0, 0.05) is 62.8 Å². The van der Waals surface area contributed by atoms with Crippen molar-refractivity contribution in [2.75, 3.05) is 57.0 Å². The first-order chi connectivity index (χ1) is 19.4. The van der Waals surface area contributed by atoms with Crippen LogP contribution in [0, 0.1) is 0 Å². The molecule has 2 aromatic heterocycles. The van der Waals surface area contributed by atoms with E-state index in [-0.39, 0.29) is 18.0 Å². The van der Waals surface area contributed by atoms with E-state index in [0.29, 0.717) is 19.0 Å². The molecule has 1 aromatic carbocycles. The first kappa shape index (κ1) is 27.9. The van der Waals surface area contributed by atoms with Crippen molar-refractivity contribution in [3.63, 3.8) is 0 Å². The largest absolute Gasteiger partial charge is 0.348 e. The van der Waals surface area contributed by atoms with Gasteiger partial charge in [-0.1, -0.05) is 18.2 Å². The lowest BCUT2D eigenvalue weighted by Crippen LogP contribution is -2.55. The summed E-state index contributed by atoms with van der Waals surface area (Å²) < 4.78 is 2.06. The lowest BCUT2D eigenvalue weighted by molar-refractivity contribution is -0.111. The number of pyridine rings is 1. The van der Waals surface area contributed by atoms with Gasteiger partial charge in [0.1, 0.15) is 0 Å². The van der Waals surface area contributed by atoms with Crippen LogP contribution in [0.1, 0.15) is 37.2 Å². The number of benzene rings is 1. The van der Waals surface area contributed by atoms with Crippen molar-refractivity contribution in [2.45, 2.75) is 37.6 Å². The third-order valence-electron chi connectivity index (χ3n) is 7.99. The Labute approximate surface area is 236 Å². The SMILES string of the molecule is CN(C)C/C=C/C(=O)Nc1ccc(C2CCN(C(=O)N(c3nccc4ccn(C)c34)[C@H]3CCCNC3)CC2)cc1. The molecule has 4 heterocycles. The lowest BCUT2D eigenvalue weighted by atomic mass is 9.89. The number of hydrogen-bond acceptors (Lipinski definition) is 5. The summed E-state index contributed by atoms with van der Waals surface area (Å²) in [5.74, 6) is 1.01. The number of piperidine rings is 2. The molecule has 3 aromatic rings. The number of anilines is 2. The number of nitrogens with one attached hydrogen (secondary N) is 2. The summed E-state index contributed by atoms with van der Waals surface area (Å²) in [6.07, 6.45) is 11.1. The molecule has 9 heteroatoms. The number of aryl methyl sites for hydroxylation is 1. The van der Waals surface area contributed by atoms with Crippen LogP contribution >= 0.6 is 0 Å². The smallest absolute Gasteiger partial charge is 0.326 e. The summed E-state index contributed by atoms with van der Waals surface area (Å²) in [6, 6.07) is 12.3. The number of hydrogen-bond donors (Lipinski definition) is 2. The van der Waals surface area contributed by atoms with E-state index in [4.69, 9.17) is 4.98 Å². The highest BCUT2D eigenvalue weighted by Crippen LogP contribution is 2.32. The van der Waals surface area contributed by atoms with Gasteiger partial charge in [-0.2, -0.15) is 0 Å². The Hall–Kier alpha value is -3.69. The molecule has 2 saturated heterocycles. The Balaban J connectivity index is 1.24. The van der Waals surface area contributed by atoms with Gasteiger partial charge in [0.25, 0.3) is 0 Å². The van der Waals surface area contributed by atoms with E-state index in [0.717, 1.165) is 67.7 Å². The quantitative estimate of drug-likeness (QED) is 0.437. The summed E-state index contributed by atoms with van der Waals surface area (Å²) in [5, 5.41) is 7.50. The molecule has 0 radical (unpaired) electrons. The van der Waals surface area contributed by atoms with Crippen molar-refractivity contribution in [3.8, 4) is 0 Å². The van der Waals surface area contributed by atoms with E-state index in [9.17, 15) is 9.59 Å². The summed E-state index contributed by atoms with van der Waals surface area (Å²) >= 11 is 0. The standard InChI is InChI=1S/C31H41N7O2/c1-35(2)18-5-7-28(39)34-26-10-8-23(9-11-26)24-14-20-37(21-15-24)31(40)38(27-6-4-16-32-22-27)30-29-25(12-17-33-30)13-19-36(29)3/h5,7-13,17,19,24,27,32H,4,6,14-16,18,20-22H2,1-3H3,(H,34,39)/b7-5+/t27-/m0/s1. The van der Waals surface area contributed by atoms with Crippen molar-refractivity contribution < 1.29 is 9.59 Å². The Kier molecular flexibility index (Phi) is 8.81. The van der Waals surface area contributed by atoms with Crippen LogP contribution in [0.25, 0.3) is 10.9 Å². The van der Waals surface area contributed by atoms with E-state index in [1.165, 1.54) is 5.56 Å². The molecule has 9 nitrogen and oxygen atoms in total. The highest BCUT2D eigenvalue weighted by Gasteiger charge is 2.34. The van der Waals surface area contributed by atoms with Gasteiger partial charge in [0.2, 0.25) is 5.91 Å². The number of fused-ring (bicyclic) bond motifs is 1. The first-order valence-corrected chi connectivity index (χ1v) is 14.3. The maximum absolute atomic E-state index is 14.1. The van der Waals surface area contributed by atoms with Crippen LogP contribution in [0.3, 0.4) is 0 Å². The van der Waals surface area contributed by atoms with E-state index < -0.39 is 0 Å². The Morgan fingerprint density at radius 1 is 1.10 bits per heavy atom. The number of aromatic nitrogens is 2. The van der Waals surface area contributed by atoms with Crippen LogP contribution < -0.4 is 15.5 Å². The van der Waals surface area contributed by atoms with Gasteiger partial charge in [0.15, 0.2) is 5.82 Å². The van der Waals surface area contributed by atoms with Crippen LogP contribution in [-0.4, -0.2) is 84.2 Å². The Morgan fingerprint density at radius 3 is 2.58 bits per heavy atom. The molecule has 2 N–H and O–H groups in total. The summed E-state index contributed by atoms with van der Waals surface area (Å²) in [7, 11) is 5.95. The maximum Gasteiger partial charge on any atom is 0.326 e. The molecule has 0 saturated carbocycles. The predicted molar refractivity (Wildman–Crippen MR) is 161 cm³/mol. The molecule has 0 bridgehead atoms. The zero-order chi connectivity index (χ0) is 28.1. The number of nitrogens with zero attached hydrogens (tertiary/aromatic N) is 5. The van der Waals surface area contributed by atoms with Gasteiger partial charge in [-0.25, -0.2) is 9.78 Å². The van der Waals surface area contributed by atoms with Gasteiger partial charge in [-0.05, 0) is 82.1 Å². The van der Waals surface area contributed by atoms with E-state index >= 15 is 0 Å². The Bertz CT molecular complexity index is 1330. The average molecular weight is 544 g/mol. The number of urea groups is 1. The number of carbonyl (C=O) groups is 2. The van der Waals surface area contributed by atoms with Gasteiger partial charge in [-0.15, -0.1) is 0 Å². The van der Waals surface area contributed by atoms with Crippen LogP contribution in [0.5, 0.6) is 0 Å². The van der Waals surface area contributed by atoms with Crippen molar-refractivity contribution >= 4 is 34.3 Å². The Morgan fingerprint density at radius 2 is 1.88 bits per heavy atom. The monoisotopic (exact) mass is 543 g/mol. The number of carbonyl (C=O) groups excluding carboxylic acids is 2. The zero-order valence-electron chi connectivity index (χ0n) is 23.8. The molecule has 2 aliphatic heterocycles.